The Morgan fingerprint density at radius 1 is 1.53 bits per heavy atom. The minimum Gasteiger partial charge on any atom is -0.354 e. The van der Waals surface area contributed by atoms with E-state index in [1.54, 1.807) is 12.5 Å². The zero-order valence-electron chi connectivity index (χ0n) is 8.53. The molecule has 0 bridgehead atoms. The highest BCUT2D eigenvalue weighted by atomic mass is 79.9. The van der Waals surface area contributed by atoms with Crippen molar-refractivity contribution in [3.05, 3.63) is 17.0 Å². The van der Waals surface area contributed by atoms with Gasteiger partial charge in [-0.25, -0.2) is 9.97 Å². The number of aromatic nitrogens is 2. The molecular weight excluding hydrogens is 322 g/mol. The Morgan fingerprint density at radius 2 is 2.33 bits per heavy atom. The third-order valence-corrected chi connectivity index (χ3v) is 4.43. The summed E-state index contributed by atoms with van der Waals surface area (Å²) in [6.07, 6.45) is 4.60. The van der Waals surface area contributed by atoms with Crippen LogP contribution in [0.1, 0.15) is 13.3 Å². The van der Waals surface area contributed by atoms with E-state index in [1.807, 2.05) is 0 Å². The van der Waals surface area contributed by atoms with Crippen LogP contribution in [0.2, 0.25) is 0 Å². The molecule has 2 heterocycles. The van der Waals surface area contributed by atoms with Crippen molar-refractivity contribution in [2.24, 2.45) is 5.92 Å². The first-order chi connectivity index (χ1) is 7.22. The summed E-state index contributed by atoms with van der Waals surface area (Å²) >= 11 is 7.21. The minimum absolute atomic E-state index is 0.573. The number of hydrogen-bond donors (Lipinski definition) is 0. The van der Waals surface area contributed by atoms with E-state index in [4.69, 9.17) is 0 Å². The largest absolute Gasteiger partial charge is 0.354 e. The quantitative estimate of drug-likeness (QED) is 0.779. The molecule has 0 radical (unpaired) electrons. The van der Waals surface area contributed by atoms with E-state index in [0.29, 0.717) is 10.7 Å². The Hall–Kier alpha value is -0.160. The standard InChI is InChI=1S/C10H13Br2N3/c1-2-7-4-15(5-9(7)12)10-8(11)3-13-6-14-10/h3,6-7,9H,2,4-5H2,1H3. The van der Waals surface area contributed by atoms with Crippen molar-refractivity contribution in [1.82, 2.24) is 9.97 Å². The Morgan fingerprint density at radius 3 is 2.93 bits per heavy atom. The highest BCUT2D eigenvalue weighted by molar-refractivity contribution is 9.10. The van der Waals surface area contributed by atoms with Gasteiger partial charge in [0.2, 0.25) is 0 Å². The van der Waals surface area contributed by atoms with Crippen LogP contribution < -0.4 is 4.90 Å². The number of hydrogen-bond acceptors (Lipinski definition) is 3. The van der Waals surface area contributed by atoms with Gasteiger partial charge in [0.05, 0.1) is 4.47 Å². The molecule has 0 aliphatic carbocycles. The van der Waals surface area contributed by atoms with E-state index in [0.717, 1.165) is 23.4 Å². The van der Waals surface area contributed by atoms with E-state index in [2.05, 4.69) is 53.7 Å². The van der Waals surface area contributed by atoms with Crippen LogP contribution >= 0.6 is 31.9 Å². The molecular formula is C10H13Br2N3. The highest BCUT2D eigenvalue weighted by Gasteiger charge is 2.30. The molecule has 1 saturated heterocycles. The van der Waals surface area contributed by atoms with Crippen molar-refractivity contribution in [2.45, 2.75) is 18.2 Å². The van der Waals surface area contributed by atoms with Gasteiger partial charge >= 0.3 is 0 Å². The predicted octanol–water partition coefficient (Wildman–Crippen LogP) is 2.85. The molecule has 2 rings (SSSR count). The second kappa shape index (κ2) is 4.78. The molecule has 0 aromatic carbocycles. The van der Waals surface area contributed by atoms with Crippen LogP contribution in [0.15, 0.2) is 17.0 Å². The first-order valence-corrected chi connectivity index (χ1v) is 6.77. The van der Waals surface area contributed by atoms with Crippen molar-refractivity contribution >= 4 is 37.7 Å². The molecule has 1 aliphatic rings. The van der Waals surface area contributed by atoms with Gasteiger partial charge < -0.3 is 4.90 Å². The average Bonchev–Trinajstić information content (AvgIpc) is 2.60. The number of nitrogens with zero attached hydrogens (tertiary/aromatic N) is 3. The maximum absolute atomic E-state index is 4.31. The van der Waals surface area contributed by atoms with Crippen molar-refractivity contribution in [2.75, 3.05) is 18.0 Å². The van der Waals surface area contributed by atoms with Crippen molar-refractivity contribution in [3.63, 3.8) is 0 Å². The van der Waals surface area contributed by atoms with Crippen LogP contribution in [0.25, 0.3) is 0 Å². The van der Waals surface area contributed by atoms with Gasteiger partial charge in [-0.1, -0.05) is 29.3 Å². The van der Waals surface area contributed by atoms with E-state index in [1.165, 1.54) is 6.42 Å². The number of anilines is 1. The summed E-state index contributed by atoms with van der Waals surface area (Å²) < 4.78 is 0.974. The lowest BCUT2D eigenvalue weighted by molar-refractivity contribution is 0.585. The fraction of sp³-hybridized carbons (Fsp3) is 0.600. The van der Waals surface area contributed by atoms with Crippen LogP contribution in [0.4, 0.5) is 5.82 Å². The molecule has 0 N–H and O–H groups in total. The molecule has 2 unspecified atom stereocenters. The first kappa shape index (κ1) is 11.3. The van der Waals surface area contributed by atoms with Gasteiger partial charge in [-0.05, 0) is 21.8 Å². The molecule has 82 valence electrons. The van der Waals surface area contributed by atoms with E-state index in [-0.39, 0.29) is 0 Å². The van der Waals surface area contributed by atoms with Crippen molar-refractivity contribution in [1.29, 1.82) is 0 Å². The van der Waals surface area contributed by atoms with Crippen LogP contribution in [0, 0.1) is 5.92 Å². The summed E-state index contributed by atoms with van der Waals surface area (Å²) in [5, 5.41) is 0. The van der Waals surface area contributed by atoms with Gasteiger partial charge in [0.1, 0.15) is 12.1 Å². The minimum atomic E-state index is 0.573. The molecule has 3 nitrogen and oxygen atoms in total. The fourth-order valence-corrected chi connectivity index (χ4v) is 3.29. The topological polar surface area (TPSA) is 29.0 Å². The molecule has 1 aromatic rings. The van der Waals surface area contributed by atoms with Gasteiger partial charge in [0.25, 0.3) is 0 Å². The Bertz CT molecular complexity index is 345. The SMILES string of the molecule is CCC1CN(c2ncncc2Br)CC1Br. The third-order valence-electron chi connectivity index (χ3n) is 2.83. The van der Waals surface area contributed by atoms with Crippen LogP contribution in [0.3, 0.4) is 0 Å². The van der Waals surface area contributed by atoms with E-state index < -0.39 is 0 Å². The van der Waals surface area contributed by atoms with Crippen LogP contribution in [-0.2, 0) is 0 Å². The normalized spacial score (nSPS) is 25.9. The molecule has 0 saturated carbocycles. The molecule has 1 fully saturated rings. The molecule has 15 heavy (non-hydrogen) atoms. The lowest BCUT2D eigenvalue weighted by Crippen LogP contribution is -2.21. The molecule has 0 amide bonds. The second-order valence-electron chi connectivity index (χ2n) is 3.78. The zero-order chi connectivity index (χ0) is 10.8. The van der Waals surface area contributed by atoms with Crippen molar-refractivity contribution < 1.29 is 0 Å². The molecule has 2 atom stereocenters. The molecule has 1 aliphatic heterocycles. The zero-order valence-corrected chi connectivity index (χ0v) is 11.7. The van der Waals surface area contributed by atoms with Gasteiger partial charge in [0, 0.05) is 24.1 Å². The molecule has 0 spiro atoms. The van der Waals surface area contributed by atoms with Crippen LogP contribution in [0.5, 0.6) is 0 Å². The summed E-state index contributed by atoms with van der Waals surface area (Å²) in [6, 6.07) is 0. The predicted molar refractivity (Wildman–Crippen MR) is 68.4 cm³/mol. The van der Waals surface area contributed by atoms with Gasteiger partial charge in [-0.2, -0.15) is 0 Å². The van der Waals surface area contributed by atoms with Gasteiger partial charge in [-0.15, -0.1) is 0 Å². The highest BCUT2D eigenvalue weighted by Crippen LogP contribution is 2.32. The maximum Gasteiger partial charge on any atom is 0.146 e. The van der Waals surface area contributed by atoms with Crippen LogP contribution in [-0.4, -0.2) is 27.9 Å². The lowest BCUT2D eigenvalue weighted by Gasteiger charge is -2.17. The summed E-state index contributed by atoms with van der Waals surface area (Å²) in [5.74, 6) is 1.72. The lowest BCUT2D eigenvalue weighted by atomic mass is 10.1. The van der Waals surface area contributed by atoms with E-state index in [9.17, 15) is 0 Å². The third kappa shape index (κ3) is 2.33. The summed E-state index contributed by atoms with van der Waals surface area (Å²) in [5.41, 5.74) is 0. The van der Waals surface area contributed by atoms with Crippen molar-refractivity contribution in [3.8, 4) is 0 Å². The molecule has 1 aromatic heterocycles. The monoisotopic (exact) mass is 333 g/mol. The Balaban J connectivity index is 2.17. The average molecular weight is 335 g/mol. The smallest absolute Gasteiger partial charge is 0.146 e. The van der Waals surface area contributed by atoms with Gasteiger partial charge in [0.15, 0.2) is 0 Å². The second-order valence-corrected chi connectivity index (χ2v) is 5.81. The Labute approximate surface area is 107 Å². The summed E-state index contributed by atoms with van der Waals surface area (Å²) in [7, 11) is 0. The Kier molecular flexibility index (Phi) is 3.61. The maximum atomic E-state index is 4.31. The molecule has 5 heteroatoms. The number of halogens is 2. The summed E-state index contributed by atoms with van der Waals surface area (Å²) in [4.78, 5) is 11.2. The van der Waals surface area contributed by atoms with E-state index >= 15 is 0 Å². The fourth-order valence-electron chi connectivity index (χ4n) is 1.93. The summed E-state index contributed by atoms with van der Waals surface area (Å²) in [6.45, 7) is 4.33. The van der Waals surface area contributed by atoms with Gasteiger partial charge in [-0.3, -0.25) is 0 Å². The number of rotatable bonds is 2. The number of alkyl halides is 1. The first-order valence-electron chi connectivity index (χ1n) is 5.07.